The topological polar surface area (TPSA) is 170 Å². The molecule has 0 bridgehead atoms. The second kappa shape index (κ2) is 15.0. The van der Waals surface area contributed by atoms with Gasteiger partial charge in [0.25, 0.3) is 0 Å². The number of nitrogens with zero attached hydrogens (tertiary/aromatic N) is 7. The third-order valence-electron chi connectivity index (χ3n) is 8.58. The number of nitrogens with two attached hydrogens (primary N) is 1. The summed E-state index contributed by atoms with van der Waals surface area (Å²) in [4.78, 5) is 42.1. The highest BCUT2D eigenvalue weighted by Gasteiger charge is 2.25. The molecule has 254 valence electrons. The molecule has 3 aromatic heterocycles. The fourth-order valence-electron chi connectivity index (χ4n) is 5.97. The number of fused-ring (bicyclic) bond motifs is 1. The van der Waals surface area contributed by atoms with Crippen LogP contribution in [-0.2, 0) is 23.7 Å². The zero-order chi connectivity index (χ0) is 32.8. The molecule has 0 aliphatic carbocycles. The van der Waals surface area contributed by atoms with Crippen LogP contribution < -0.4 is 30.9 Å². The largest absolute Gasteiger partial charge is 0.501 e. The zero-order valence-corrected chi connectivity index (χ0v) is 26.6. The van der Waals surface area contributed by atoms with E-state index in [-0.39, 0.29) is 5.69 Å². The molecule has 0 aromatic carbocycles. The minimum Gasteiger partial charge on any atom is -0.501 e. The number of morpholine rings is 4. The molecule has 0 amide bonds. The smallest absolute Gasteiger partial charge is 0.360 e. The third-order valence-corrected chi connectivity index (χ3v) is 8.58. The summed E-state index contributed by atoms with van der Waals surface area (Å²) in [6.45, 7) is 11.6. The van der Waals surface area contributed by atoms with Crippen LogP contribution in [0.4, 0.5) is 28.6 Å². The van der Waals surface area contributed by atoms with Crippen molar-refractivity contribution in [3.8, 4) is 5.75 Å². The van der Waals surface area contributed by atoms with Crippen molar-refractivity contribution in [3.63, 3.8) is 0 Å². The molecule has 3 aromatic rings. The van der Waals surface area contributed by atoms with Gasteiger partial charge in [0, 0.05) is 58.6 Å². The van der Waals surface area contributed by atoms with E-state index in [1.165, 1.54) is 11.5 Å². The van der Waals surface area contributed by atoms with Crippen LogP contribution in [0.15, 0.2) is 29.3 Å². The molecule has 47 heavy (non-hydrogen) atoms. The Labute approximate surface area is 272 Å². The molecule has 7 rings (SSSR count). The number of hydrogen-bond donors (Lipinski definition) is 2. The van der Waals surface area contributed by atoms with E-state index >= 15 is 0 Å². The highest BCUT2D eigenvalue weighted by Crippen LogP contribution is 2.30. The number of pyridine rings is 2. The minimum absolute atomic E-state index is 0.294. The molecular weight excluding hydrogens is 612 g/mol. The van der Waals surface area contributed by atoms with Gasteiger partial charge >= 0.3 is 11.5 Å². The lowest BCUT2D eigenvalue weighted by Crippen LogP contribution is -2.39. The highest BCUT2D eigenvalue weighted by molar-refractivity contribution is 5.91. The minimum atomic E-state index is -0.859. The fourth-order valence-corrected chi connectivity index (χ4v) is 5.97. The maximum Gasteiger partial charge on any atom is 0.360 e. The third kappa shape index (κ3) is 7.30. The summed E-state index contributed by atoms with van der Waals surface area (Å²) in [7, 11) is 1.18. The lowest BCUT2D eigenvalue weighted by Gasteiger charge is -2.33. The maximum absolute atomic E-state index is 12.8. The van der Waals surface area contributed by atoms with Gasteiger partial charge in [0.15, 0.2) is 11.3 Å². The van der Waals surface area contributed by atoms with Crippen molar-refractivity contribution in [2.45, 2.75) is 0 Å². The lowest BCUT2D eigenvalue weighted by atomic mass is 10.2. The molecule has 0 spiro atoms. The van der Waals surface area contributed by atoms with Crippen LogP contribution >= 0.6 is 0 Å². The van der Waals surface area contributed by atoms with Gasteiger partial charge in [-0.3, -0.25) is 9.20 Å². The van der Waals surface area contributed by atoms with Crippen molar-refractivity contribution in [2.75, 3.05) is 138 Å². The SMILES string of the molecule is COC(=O)c1nc2c(N3CCOCC3)cc(N3CCOCC3)cn2c(=O)c1O.Nc1ncc(N2CCOCC2)cc1N1CCOCC1. The number of methoxy groups -OCH3 is 1. The molecule has 16 nitrogen and oxygen atoms in total. The van der Waals surface area contributed by atoms with Crippen molar-refractivity contribution in [1.82, 2.24) is 14.4 Å². The Morgan fingerprint density at radius 2 is 1.23 bits per heavy atom. The van der Waals surface area contributed by atoms with Gasteiger partial charge in [-0.15, -0.1) is 0 Å². The number of hydrogen-bond acceptors (Lipinski definition) is 15. The Morgan fingerprint density at radius 3 is 1.77 bits per heavy atom. The predicted molar refractivity (Wildman–Crippen MR) is 175 cm³/mol. The molecule has 3 N–H and O–H groups in total. The molecule has 0 saturated carbocycles. The molecular formula is C31H42N8O8. The Balaban J connectivity index is 0.000000177. The summed E-state index contributed by atoms with van der Waals surface area (Å²) in [5.41, 5.74) is 8.88. The first-order valence-corrected chi connectivity index (χ1v) is 15.9. The Kier molecular flexibility index (Phi) is 10.4. The molecule has 16 heteroatoms. The van der Waals surface area contributed by atoms with Gasteiger partial charge in [0.1, 0.15) is 5.82 Å². The molecule has 4 aliphatic rings. The van der Waals surface area contributed by atoms with Crippen molar-refractivity contribution >= 4 is 40.2 Å². The number of aromatic hydroxyl groups is 1. The molecule has 0 unspecified atom stereocenters. The molecule has 0 radical (unpaired) electrons. The quantitative estimate of drug-likeness (QED) is 0.358. The maximum atomic E-state index is 12.8. The Bertz CT molecular complexity index is 1600. The van der Waals surface area contributed by atoms with E-state index in [2.05, 4.69) is 40.4 Å². The highest BCUT2D eigenvalue weighted by atomic mass is 16.5. The summed E-state index contributed by atoms with van der Waals surface area (Å²) in [5, 5.41) is 10.2. The van der Waals surface area contributed by atoms with E-state index in [1.807, 2.05) is 12.3 Å². The second-order valence-corrected chi connectivity index (χ2v) is 11.4. The van der Waals surface area contributed by atoms with E-state index < -0.39 is 17.3 Å². The van der Waals surface area contributed by atoms with Gasteiger partial charge in [-0.2, -0.15) is 0 Å². The van der Waals surface area contributed by atoms with E-state index in [9.17, 15) is 14.7 Å². The van der Waals surface area contributed by atoms with E-state index in [0.717, 1.165) is 69.7 Å². The Hall–Kier alpha value is -4.38. The van der Waals surface area contributed by atoms with Crippen LogP contribution in [0, 0.1) is 0 Å². The van der Waals surface area contributed by atoms with Crippen LogP contribution in [0.1, 0.15) is 10.5 Å². The predicted octanol–water partition coefficient (Wildman–Crippen LogP) is 0.197. The molecule has 0 atom stereocenters. The van der Waals surface area contributed by atoms with Crippen LogP contribution in [0.2, 0.25) is 0 Å². The van der Waals surface area contributed by atoms with Gasteiger partial charge in [-0.05, 0) is 12.1 Å². The number of anilines is 5. The van der Waals surface area contributed by atoms with Gasteiger partial charge in [0.2, 0.25) is 5.75 Å². The van der Waals surface area contributed by atoms with Crippen molar-refractivity contribution in [1.29, 1.82) is 0 Å². The van der Waals surface area contributed by atoms with Gasteiger partial charge < -0.3 is 54.1 Å². The van der Waals surface area contributed by atoms with Gasteiger partial charge in [-0.1, -0.05) is 0 Å². The summed E-state index contributed by atoms with van der Waals surface area (Å²) in [5.74, 6) is -0.988. The number of aromatic nitrogens is 3. The van der Waals surface area contributed by atoms with Crippen molar-refractivity contribution in [2.24, 2.45) is 0 Å². The van der Waals surface area contributed by atoms with Crippen LogP contribution in [0.3, 0.4) is 0 Å². The summed E-state index contributed by atoms with van der Waals surface area (Å²) in [6.07, 6.45) is 3.49. The first kappa shape index (κ1) is 32.6. The second-order valence-electron chi connectivity index (χ2n) is 11.4. The number of esters is 1. The molecule has 4 fully saturated rings. The summed E-state index contributed by atoms with van der Waals surface area (Å²) >= 11 is 0. The van der Waals surface area contributed by atoms with Crippen LogP contribution in [-0.4, -0.2) is 138 Å². The fraction of sp³-hybridized carbons (Fsp3) is 0.548. The summed E-state index contributed by atoms with van der Waals surface area (Å²) < 4.78 is 27.5. The van der Waals surface area contributed by atoms with Crippen molar-refractivity contribution < 1.29 is 33.6 Å². The molecule has 4 saturated heterocycles. The normalized spacial score (nSPS) is 18.9. The van der Waals surface area contributed by atoms with Crippen LogP contribution in [0.25, 0.3) is 5.65 Å². The number of carbonyl (C=O) groups is 1. The number of rotatable bonds is 5. The zero-order valence-electron chi connectivity index (χ0n) is 26.6. The lowest BCUT2D eigenvalue weighted by molar-refractivity contribution is 0.0590. The van der Waals surface area contributed by atoms with E-state index in [4.69, 9.17) is 24.7 Å². The Morgan fingerprint density at radius 1 is 0.766 bits per heavy atom. The average Bonchev–Trinajstić information content (AvgIpc) is 3.14. The van der Waals surface area contributed by atoms with E-state index in [1.54, 1.807) is 6.20 Å². The standard InChI is InChI=1S/C18H22N4O6.C13H20N4O2/c1-26-18(25)14-15(23)17(24)22-11-12(20-2-6-27-7-3-20)10-13(16(22)19-14)21-4-8-28-9-5-21;14-13-12(17-3-7-19-8-4-17)9-11(10-15-13)16-1-5-18-6-2-16/h10-11,23H,2-9H2,1H3;9-10H,1-8H2,(H2,14,15). The number of ether oxygens (including phenoxy) is 5. The first-order chi connectivity index (χ1) is 22.9. The van der Waals surface area contributed by atoms with Gasteiger partial charge in [0.05, 0.1) is 88.9 Å². The first-order valence-electron chi connectivity index (χ1n) is 15.9. The monoisotopic (exact) mass is 654 g/mol. The number of carbonyl (C=O) groups excluding carboxylic acids is 1. The average molecular weight is 655 g/mol. The molecule has 4 aliphatic heterocycles. The molecule has 7 heterocycles. The number of nitrogen functional groups attached to an aromatic ring is 1. The van der Waals surface area contributed by atoms with Crippen molar-refractivity contribution in [3.05, 3.63) is 40.6 Å². The summed E-state index contributed by atoms with van der Waals surface area (Å²) in [6, 6.07) is 4.09. The van der Waals surface area contributed by atoms with Gasteiger partial charge in [-0.25, -0.2) is 14.8 Å². The van der Waals surface area contributed by atoms with Crippen LogP contribution in [0.5, 0.6) is 5.75 Å². The van der Waals surface area contributed by atoms with E-state index in [0.29, 0.717) is 69.8 Å².